The van der Waals surface area contributed by atoms with E-state index >= 15 is 0 Å². The molecule has 1 aromatic heterocycles. The van der Waals surface area contributed by atoms with E-state index in [0.717, 1.165) is 10.9 Å². The van der Waals surface area contributed by atoms with Crippen LogP contribution < -0.4 is 0 Å². The maximum absolute atomic E-state index is 11.6. The second kappa shape index (κ2) is 4.18. The number of carbonyl (C=O) groups excluding carboxylic acids is 1. The van der Waals surface area contributed by atoms with Crippen molar-refractivity contribution in [1.29, 1.82) is 0 Å². The number of nitrogens with zero attached hydrogens (tertiary/aromatic N) is 2. The highest BCUT2D eigenvalue weighted by Crippen LogP contribution is 2.19. The topological polar surface area (TPSA) is 44.1 Å². The molecule has 0 saturated carbocycles. The lowest BCUT2D eigenvalue weighted by Crippen LogP contribution is -2.04. The zero-order chi connectivity index (χ0) is 11.5. The fourth-order valence-electron chi connectivity index (χ4n) is 1.63. The van der Waals surface area contributed by atoms with Crippen LogP contribution in [0.25, 0.3) is 17.1 Å². The molecule has 82 valence electrons. The third kappa shape index (κ3) is 1.58. The number of esters is 1. The Morgan fingerprint density at radius 3 is 3.00 bits per heavy atom. The van der Waals surface area contributed by atoms with Crippen molar-refractivity contribution >= 4 is 23.1 Å². The van der Waals surface area contributed by atoms with Gasteiger partial charge in [-0.25, -0.2) is 9.48 Å². The first-order valence-corrected chi connectivity index (χ1v) is 4.95. The van der Waals surface area contributed by atoms with Gasteiger partial charge in [0.25, 0.3) is 0 Å². The summed E-state index contributed by atoms with van der Waals surface area (Å²) >= 11 is 0. The summed E-state index contributed by atoms with van der Waals surface area (Å²) in [6, 6.07) is 5.46. The number of hydrogen-bond acceptors (Lipinski definition) is 3. The molecule has 0 aliphatic carbocycles. The van der Waals surface area contributed by atoms with Gasteiger partial charge in [0, 0.05) is 11.6 Å². The third-order valence-electron chi connectivity index (χ3n) is 2.31. The summed E-state index contributed by atoms with van der Waals surface area (Å²) in [7, 11) is 1.37. The number of methoxy groups -OCH3 is 1. The summed E-state index contributed by atoms with van der Waals surface area (Å²) in [5.41, 5.74) is 1.29. The Kier molecular flexibility index (Phi) is 2.72. The van der Waals surface area contributed by atoms with Crippen LogP contribution >= 0.6 is 0 Å². The third-order valence-corrected chi connectivity index (χ3v) is 2.31. The highest BCUT2D eigenvalue weighted by Gasteiger charge is 2.13. The van der Waals surface area contributed by atoms with Crippen molar-refractivity contribution in [2.75, 3.05) is 7.11 Å². The number of rotatable bonds is 2. The molecule has 2 rings (SSSR count). The summed E-state index contributed by atoms with van der Waals surface area (Å²) in [5, 5.41) is 5.10. The number of allylic oxidation sites excluding steroid dienone is 1. The van der Waals surface area contributed by atoms with Gasteiger partial charge < -0.3 is 4.74 Å². The quantitative estimate of drug-likeness (QED) is 0.723. The van der Waals surface area contributed by atoms with Gasteiger partial charge in [0.15, 0.2) is 0 Å². The van der Waals surface area contributed by atoms with Crippen LogP contribution in [-0.4, -0.2) is 22.9 Å². The molecule has 0 aliphatic rings. The van der Waals surface area contributed by atoms with E-state index in [1.54, 1.807) is 23.1 Å². The Morgan fingerprint density at radius 2 is 2.31 bits per heavy atom. The standard InChI is InChI=1S/C12H12N2O2/c1-3-7-14-11-9(8-13-14)5-4-6-10(11)12(15)16-2/h3-8H,1-2H3. The molecule has 0 N–H and O–H groups in total. The van der Waals surface area contributed by atoms with Gasteiger partial charge >= 0.3 is 5.97 Å². The molecule has 0 atom stereocenters. The molecule has 0 bridgehead atoms. The molecule has 0 radical (unpaired) electrons. The van der Waals surface area contributed by atoms with Crippen LogP contribution in [-0.2, 0) is 4.74 Å². The van der Waals surface area contributed by atoms with E-state index in [4.69, 9.17) is 4.74 Å². The first-order chi connectivity index (χ1) is 7.77. The number of carbonyl (C=O) groups is 1. The van der Waals surface area contributed by atoms with Gasteiger partial charge in [0.05, 0.1) is 24.4 Å². The van der Waals surface area contributed by atoms with Gasteiger partial charge in [-0.1, -0.05) is 18.2 Å². The summed E-state index contributed by atoms with van der Waals surface area (Å²) in [4.78, 5) is 11.6. The molecule has 16 heavy (non-hydrogen) atoms. The van der Waals surface area contributed by atoms with Crippen LogP contribution in [0.2, 0.25) is 0 Å². The van der Waals surface area contributed by atoms with E-state index in [1.165, 1.54) is 7.11 Å². The van der Waals surface area contributed by atoms with Crippen molar-refractivity contribution in [2.45, 2.75) is 6.92 Å². The van der Waals surface area contributed by atoms with Crippen LogP contribution in [0.15, 0.2) is 30.5 Å². The van der Waals surface area contributed by atoms with Crippen LogP contribution in [0.1, 0.15) is 17.3 Å². The average Bonchev–Trinajstić information content (AvgIpc) is 2.72. The molecule has 4 nitrogen and oxygen atoms in total. The number of ether oxygens (including phenoxy) is 1. The molecule has 0 unspecified atom stereocenters. The van der Waals surface area contributed by atoms with Gasteiger partial charge in [0.2, 0.25) is 0 Å². The Morgan fingerprint density at radius 1 is 1.50 bits per heavy atom. The summed E-state index contributed by atoms with van der Waals surface area (Å²) < 4.78 is 6.41. The van der Waals surface area contributed by atoms with Crippen molar-refractivity contribution < 1.29 is 9.53 Å². The molecule has 0 saturated heterocycles. The molecule has 1 aromatic carbocycles. The van der Waals surface area contributed by atoms with Crippen LogP contribution in [0.5, 0.6) is 0 Å². The Balaban J connectivity index is 2.72. The molecule has 1 heterocycles. The van der Waals surface area contributed by atoms with E-state index in [1.807, 2.05) is 25.1 Å². The molecule has 0 fully saturated rings. The molecule has 0 amide bonds. The monoisotopic (exact) mass is 216 g/mol. The second-order valence-corrected chi connectivity index (χ2v) is 3.31. The first-order valence-electron chi connectivity index (χ1n) is 4.95. The number of fused-ring (bicyclic) bond motifs is 1. The van der Waals surface area contributed by atoms with Crippen LogP contribution in [0.4, 0.5) is 0 Å². The summed E-state index contributed by atoms with van der Waals surface area (Å²) in [6.45, 7) is 1.90. The number of aromatic nitrogens is 2. The predicted octanol–water partition coefficient (Wildman–Crippen LogP) is 2.31. The van der Waals surface area contributed by atoms with Gasteiger partial charge in [-0.05, 0) is 13.0 Å². The maximum Gasteiger partial charge on any atom is 0.340 e. The van der Waals surface area contributed by atoms with Gasteiger partial charge in [-0.2, -0.15) is 5.10 Å². The van der Waals surface area contributed by atoms with Crippen LogP contribution in [0, 0.1) is 0 Å². The normalized spacial score (nSPS) is 11.1. The Hall–Kier alpha value is -2.10. The fourth-order valence-corrected chi connectivity index (χ4v) is 1.63. The molecule has 4 heteroatoms. The van der Waals surface area contributed by atoms with Crippen molar-refractivity contribution in [2.24, 2.45) is 0 Å². The Labute approximate surface area is 93.1 Å². The maximum atomic E-state index is 11.6. The minimum atomic E-state index is -0.350. The summed E-state index contributed by atoms with van der Waals surface area (Å²) in [6.07, 6.45) is 5.39. The lowest BCUT2D eigenvalue weighted by Gasteiger charge is -2.02. The van der Waals surface area contributed by atoms with Crippen molar-refractivity contribution in [3.05, 3.63) is 36.0 Å². The lowest BCUT2D eigenvalue weighted by atomic mass is 10.1. The van der Waals surface area contributed by atoms with Crippen molar-refractivity contribution in [3.63, 3.8) is 0 Å². The van der Waals surface area contributed by atoms with Gasteiger partial charge in [-0.15, -0.1) is 0 Å². The highest BCUT2D eigenvalue weighted by atomic mass is 16.5. The zero-order valence-electron chi connectivity index (χ0n) is 9.18. The van der Waals surface area contributed by atoms with Crippen molar-refractivity contribution in [1.82, 2.24) is 9.78 Å². The smallest absolute Gasteiger partial charge is 0.340 e. The minimum absolute atomic E-state index is 0.350. The highest BCUT2D eigenvalue weighted by molar-refractivity contribution is 6.03. The van der Waals surface area contributed by atoms with E-state index in [2.05, 4.69) is 5.10 Å². The summed E-state index contributed by atoms with van der Waals surface area (Å²) in [5.74, 6) is -0.350. The van der Waals surface area contributed by atoms with Crippen molar-refractivity contribution in [3.8, 4) is 0 Å². The van der Waals surface area contributed by atoms with E-state index in [9.17, 15) is 4.79 Å². The Bertz CT molecular complexity index is 555. The molecule has 2 aromatic rings. The fraction of sp³-hybridized carbons (Fsp3) is 0.167. The predicted molar refractivity (Wildman–Crippen MR) is 62.1 cm³/mol. The minimum Gasteiger partial charge on any atom is -0.465 e. The number of benzene rings is 1. The second-order valence-electron chi connectivity index (χ2n) is 3.31. The molecule has 0 aliphatic heterocycles. The van der Waals surface area contributed by atoms with E-state index in [0.29, 0.717) is 5.56 Å². The first kappa shape index (κ1) is 10.4. The molecule has 0 spiro atoms. The average molecular weight is 216 g/mol. The number of para-hydroxylation sites is 1. The zero-order valence-corrected chi connectivity index (χ0v) is 9.18. The largest absolute Gasteiger partial charge is 0.465 e. The number of hydrogen-bond donors (Lipinski definition) is 0. The molecular weight excluding hydrogens is 204 g/mol. The SMILES string of the molecule is CC=Cn1ncc2cccc(C(=O)OC)c21. The lowest BCUT2D eigenvalue weighted by molar-refractivity contribution is 0.0602. The van der Waals surface area contributed by atoms with E-state index < -0.39 is 0 Å². The van der Waals surface area contributed by atoms with Gasteiger partial charge in [0.1, 0.15) is 0 Å². The van der Waals surface area contributed by atoms with Crippen LogP contribution in [0.3, 0.4) is 0 Å². The molecular formula is C12H12N2O2. The van der Waals surface area contributed by atoms with E-state index in [-0.39, 0.29) is 5.97 Å². The van der Waals surface area contributed by atoms with Gasteiger partial charge in [-0.3, -0.25) is 0 Å².